The first-order valence-electron chi connectivity index (χ1n) is 4.65. The van der Waals surface area contributed by atoms with Crippen molar-refractivity contribution in [1.82, 2.24) is 4.31 Å². The molecule has 15 heavy (non-hydrogen) atoms. The Balaban J connectivity index is 2.76. The fraction of sp³-hybridized carbons (Fsp3) is 0.875. The average molecular weight is 255 g/mol. The first kappa shape index (κ1) is 12.7. The van der Waals surface area contributed by atoms with Gasteiger partial charge < -0.3 is 5.73 Å². The van der Waals surface area contributed by atoms with Gasteiger partial charge in [-0.2, -0.15) is 0 Å². The Labute approximate surface area is 94.6 Å². The van der Waals surface area contributed by atoms with Crippen molar-refractivity contribution < 1.29 is 13.2 Å². The number of carbonyl (C=O) groups excluding carboxylic acids is 1. The third-order valence-corrected chi connectivity index (χ3v) is 4.99. The molecule has 1 heterocycles. The van der Waals surface area contributed by atoms with Gasteiger partial charge in [0.1, 0.15) is 0 Å². The normalized spacial score (nSPS) is 28.1. The lowest BCUT2D eigenvalue weighted by atomic mass is 9.89. The second kappa shape index (κ2) is 4.27. The number of primary amides is 1. The summed E-state index contributed by atoms with van der Waals surface area (Å²) < 4.78 is 24.6. The molecule has 0 radical (unpaired) electrons. The summed E-state index contributed by atoms with van der Waals surface area (Å²) in [5.41, 5.74) is 4.49. The first-order valence-corrected chi connectivity index (χ1v) is 6.80. The van der Waals surface area contributed by atoms with Crippen LogP contribution in [0.2, 0.25) is 0 Å². The number of hydrogen-bond acceptors (Lipinski definition) is 3. The zero-order valence-electron chi connectivity index (χ0n) is 8.57. The van der Waals surface area contributed by atoms with Gasteiger partial charge in [-0.15, -0.1) is 11.6 Å². The highest BCUT2D eigenvalue weighted by atomic mass is 35.5. The Kier molecular flexibility index (Phi) is 3.63. The first-order chi connectivity index (χ1) is 6.82. The predicted octanol–water partition coefficient (Wildman–Crippen LogP) is -0.248. The number of nitrogens with two attached hydrogens (primary N) is 1. The molecule has 1 fully saturated rings. The molecule has 0 aromatic rings. The number of halogens is 1. The number of carbonyl (C=O) groups is 1. The van der Waals surface area contributed by atoms with Crippen LogP contribution in [-0.4, -0.2) is 43.4 Å². The molecule has 1 aliphatic rings. The minimum absolute atomic E-state index is 0.0616. The molecule has 0 aromatic carbocycles. The van der Waals surface area contributed by atoms with Crippen molar-refractivity contribution >= 4 is 27.5 Å². The molecular formula is C8H15ClN2O3S. The standard InChI is InChI=1S/C8H15ClN2O3S/c1-8(7(10)12)2-4-11(6-8)15(13,14)5-3-9/h2-6H2,1H3,(H2,10,12). The molecule has 0 spiro atoms. The highest BCUT2D eigenvalue weighted by Crippen LogP contribution is 2.31. The molecule has 2 N–H and O–H groups in total. The van der Waals surface area contributed by atoms with E-state index < -0.39 is 21.3 Å². The maximum atomic E-state index is 11.6. The minimum atomic E-state index is -3.32. The quantitative estimate of drug-likeness (QED) is 0.703. The molecule has 0 bridgehead atoms. The van der Waals surface area contributed by atoms with Crippen LogP contribution in [0.1, 0.15) is 13.3 Å². The summed E-state index contributed by atoms with van der Waals surface area (Å²) in [6.45, 7) is 2.20. The van der Waals surface area contributed by atoms with Crippen LogP contribution in [0.5, 0.6) is 0 Å². The van der Waals surface area contributed by atoms with Crippen LogP contribution in [0.3, 0.4) is 0 Å². The van der Waals surface area contributed by atoms with E-state index in [2.05, 4.69) is 0 Å². The van der Waals surface area contributed by atoms with Gasteiger partial charge in [0.2, 0.25) is 15.9 Å². The van der Waals surface area contributed by atoms with Gasteiger partial charge in [-0.25, -0.2) is 12.7 Å². The Morgan fingerprint density at radius 3 is 2.60 bits per heavy atom. The van der Waals surface area contributed by atoms with E-state index in [1.807, 2.05) is 0 Å². The zero-order valence-corrected chi connectivity index (χ0v) is 10.1. The van der Waals surface area contributed by atoms with Crippen molar-refractivity contribution in [2.24, 2.45) is 11.1 Å². The molecule has 1 amide bonds. The molecule has 88 valence electrons. The molecule has 0 saturated carbocycles. The van der Waals surface area contributed by atoms with Crippen molar-refractivity contribution in [2.45, 2.75) is 13.3 Å². The second-order valence-corrected chi connectivity index (χ2v) is 6.48. The molecule has 0 aliphatic carbocycles. The lowest BCUT2D eigenvalue weighted by molar-refractivity contribution is -0.126. The van der Waals surface area contributed by atoms with E-state index in [1.165, 1.54) is 4.31 Å². The summed E-state index contributed by atoms with van der Waals surface area (Å²) in [6.07, 6.45) is 0.476. The summed E-state index contributed by atoms with van der Waals surface area (Å²) in [4.78, 5) is 11.1. The topological polar surface area (TPSA) is 80.5 Å². The van der Waals surface area contributed by atoms with Gasteiger partial charge in [0.05, 0.1) is 11.2 Å². The molecular weight excluding hydrogens is 240 g/mol. The van der Waals surface area contributed by atoms with E-state index in [4.69, 9.17) is 17.3 Å². The molecule has 1 saturated heterocycles. The third-order valence-electron chi connectivity index (χ3n) is 2.76. The number of amides is 1. The van der Waals surface area contributed by atoms with E-state index in [0.29, 0.717) is 13.0 Å². The zero-order chi connectivity index (χ0) is 11.7. The smallest absolute Gasteiger partial charge is 0.224 e. The lowest BCUT2D eigenvalue weighted by Crippen LogP contribution is -2.39. The largest absolute Gasteiger partial charge is 0.369 e. The fourth-order valence-electron chi connectivity index (χ4n) is 1.58. The monoisotopic (exact) mass is 254 g/mol. The van der Waals surface area contributed by atoms with E-state index in [-0.39, 0.29) is 18.2 Å². The number of hydrogen-bond donors (Lipinski definition) is 1. The van der Waals surface area contributed by atoms with Crippen LogP contribution < -0.4 is 5.73 Å². The highest BCUT2D eigenvalue weighted by molar-refractivity contribution is 7.89. The molecule has 7 heteroatoms. The van der Waals surface area contributed by atoms with Gasteiger partial charge in [-0.1, -0.05) is 0 Å². The van der Waals surface area contributed by atoms with Crippen molar-refractivity contribution in [3.8, 4) is 0 Å². The Morgan fingerprint density at radius 2 is 2.20 bits per heavy atom. The lowest BCUT2D eigenvalue weighted by Gasteiger charge is -2.20. The number of rotatable bonds is 4. The van der Waals surface area contributed by atoms with Crippen molar-refractivity contribution in [1.29, 1.82) is 0 Å². The summed E-state index contributed by atoms with van der Waals surface area (Å²) in [7, 11) is -3.32. The molecule has 1 aliphatic heterocycles. The van der Waals surface area contributed by atoms with Gasteiger partial charge in [0.15, 0.2) is 0 Å². The Bertz CT molecular complexity index is 357. The third kappa shape index (κ3) is 2.62. The van der Waals surface area contributed by atoms with Gasteiger partial charge in [-0.05, 0) is 13.3 Å². The van der Waals surface area contributed by atoms with Crippen molar-refractivity contribution in [3.05, 3.63) is 0 Å². The van der Waals surface area contributed by atoms with E-state index in [0.717, 1.165) is 0 Å². The summed E-state index contributed by atoms with van der Waals surface area (Å²) in [5.74, 6) is -0.485. The van der Waals surface area contributed by atoms with Crippen LogP contribution in [0.25, 0.3) is 0 Å². The van der Waals surface area contributed by atoms with Crippen LogP contribution in [0, 0.1) is 5.41 Å². The van der Waals surface area contributed by atoms with Gasteiger partial charge >= 0.3 is 0 Å². The Morgan fingerprint density at radius 1 is 1.60 bits per heavy atom. The molecule has 1 atom stereocenters. The average Bonchev–Trinajstić information content (AvgIpc) is 2.50. The fourth-order valence-corrected chi connectivity index (χ4v) is 3.47. The maximum absolute atomic E-state index is 11.6. The maximum Gasteiger partial charge on any atom is 0.224 e. The SMILES string of the molecule is CC1(C(N)=O)CCN(S(=O)(=O)CCCl)C1. The van der Waals surface area contributed by atoms with Gasteiger partial charge in [0, 0.05) is 19.0 Å². The molecule has 1 unspecified atom stereocenters. The number of alkyl halides is 1. The van der Waals surface area contributed by atoms with Crippen LogP contribution in [0.15, 0.2) is 0 Å². The van der Waals surface area contributed by atoms with Gasteiger partial charge in [-0.3, -0.25) is 4.79 Å². The Hall–Kier alpha value is -0.330. The van der Waals surface area contributed by atoms with Crippen molar-refractivity contribution in [3.63, 3.8) is 0 Å². The molecule has 1 rings (SSSR count). The predicted molar refractivity (Wildman–Crippen MR) is 58.0 cm³/mol. The van der Waals surface area contributed by atoms with Gasteiger partial charge in [0.25, 0.3) is 0 Å². The molecule has 5 nitrogen and oxygen atoms in total. The van der Waals surface area contributed by atoms with E-state index in [9.17, 15) is 13.2 Å². The van der Waals surface area contributed by atoms with Crippen LogP contribution in [-0.2, 0) is 14.8 Å². The summed E-state index contributed by atoms with van der Waals surface area (Å²) >= 11 is 5.40. The molecule has 0 aromatic heterocycles. The van der Waals surface area contributed by atoms with Crippen LogP contribution >= 0.6 is 11.6 Å². The van der Waals surface area contributed by atoms with Crippen molar-refractivity contribution in [2.75, 3.05) is 24.7 Å². The van der Waals surface area contributed by atoms with Crippen LogP contribution in [0.4, 0.5) is 0 Å². The van der Waals surface area contributed by atoms with E-state index in [1.54, 1.807) is 6.92 Å². The number of nitrogens with zero attached hydrogens (tertiary/aromatic N) is 1. The minimum Gasteiger partial charge on any atom is -0.369 e. The van der Waals surface area contributed by atoms with E-state index >= 15 is 0 Å². The summed E-state index contributed by atoms with van der Waals surface area (Å²) in [6, 6.07) is 0. The number of sulfonamides is 1. The highest BCUT2D eigenvalue weighted by Gasteiger charge is 2.42. The summed E-state index contributed by atoms with van der Waals surface area (Å²) in [5, 5.41) is 0. The second-order valence-electron chi connectivity index (χ2n) is 4.01.